The Morgan fingerprint density at radius 3 is 3.07 bits per heavy atom. The lowest BCUT2D eigenvalue weighted by Gasteiger charge is -2.38. The Morgan fingerprint density at radius 1 is 1.64 bits per heavy atom. The molecule has 0 spiro atoms. The lowest BCUT2D eigenvalue weighted by Crippen LogP contribution is -2.39. The van der Waals surface area contributed by atoms with Crippen LogP contribution in [-0.4, -0.2) is 12.2 Å². The predicted molar refractivity (Wildman–Crippen MR) is 68.3 cm³/mol. The largest absolute Gasteiger partial charge is 0.370 e. The van der Waals surface area contributed by atoms with Gasteiger partial charge in [0.1, 0.15) is 0 Å². The molecule has 0 aliphatic heterocycles. The normalized spacial score (nSPS) is 31.7. The number of ether oxygens (including phenoxy) is 1. The molecule has 0 saturated heterocycles. The van der Waals surface area contributed by atoms with Crippen LogP contribution in [0.3, 0.4) is 0 Å². The molecule has 0 aromatic heterocycles. The highest BCUT2D eigenvalue weighted by molar-refractivity contribution is 14.1. The summed E-state index contributed by atoms with van der Waals surface area (Å²) < 4.78 is 8.84. The topological polar surface area (TPSA) is 9.23 Å². The van der Waals surface area contributed by atoms with E-state index in [1.165, 1.54) is 19.3 Å². The lowest BCUT2D eigenvalue weighted by atomic mass is 9.77. The number of rotatable bonds is 3. The van der Waals surface area contributed by atoms with E-state index in [1.54, 1.807) is 0 Å². The number of hydrogen-bond acceptors (Lipinski definition) is 1. The van der Waals surface area contributed by atoms with Crippen molar-refractivity contribution in [1.29, 1.82) is 0 Å². The fraction of sp³-hybridized carbons (Fsp3) is 0.667. The minimum Gasteiger partial charge on any atom is -0.370 e. The van der Waals surface area contributed by atoms with Crippen molar-refractivity contribution in [1.82, 2.24) is 0 Å². The molecule has 0 N–H and O–H groups in total. The zero-order valence-corrected chi connectivity index (χ0v) is 10.8. The fourth-order valence-corrected chi connectivity index (χ4v) is 2.39. The number of hydrogen-bond donors (Lipinski definition) is 0. The molecular weight excluding hydrogens is 287 g/mol. The summed E-state index contributed by atoms with van der Waals surface area (Å²) in [5.74, 6) is 3.66. The van der Waals surface area contributed by atoms with E-state index in [0.29, 0.717) is 12.5 Å². The molecule has 0 heterocycles. The summed E-state index contributed by atoms with van der Waals surface area (Å²) in [5.41, 5.74) is -0.0510. The van der Waals surface area contributed by atoms with Crippen LogP contribution in [0.1, 0.15) is 32.6 Å². The molecule has 0 aromatic carbocycles. The van der Waals surface area contributed by atoms with E-state index >= 15 is 0 Å². The van der Waals surface area contributed by atoms with Gasteiger partial charge in [0.25, 0.3) is 0 Å². The Kier molecular flexibility index (Phi) is 4.97. The van der Waals surface area contributed by atoms with Gasteiger partial charge in [0, 0.05) is 28.5 Å². The average molecular weight is 304 g/mol. The molecule has 1 rings (SSSR count). The molecular formula is C12H17IO. The van der Waals surface area contributed by atoms with Crippen molar-refractivity contribution in [3.8, 4) is 9.85 Å². The highest BCUT2D eigenvalue weighted by Gasteiger charge is 2.36. The molecule has 1 saturated carbocycles. The summed E-state index contributed by atoms with van der Waals surface area (Å²) in [5, 5.41) is 0. The standard InChI is InChI=1S/C12H17IO/c1-3-10-14-12(2)8-5-4-6-11(12)7-9-13/h3,11H,1,4-6,8,10H2,2H3. The third-order valence-electron chi connectivity index (χ3n) is 2.91. The molecule has 78 valence electrons. The van der Waals surface area contributed by atoms with Crippen molar-refractivity contribution in [3.05, 3.63) is 12.7 Å². The van der Waals surface area contributed by atoms with Crippen LogP contribution in [0.2, 0.25) is 0 Å². The first kappa shape index (κ1) is 12.1. The van der Waals surface area contributed by atoms with Crippen LogP contribution in [0.5, 0.6) is 0 Å². The third-order valence-corrected chi connectivity index (χ3v) is 3.22. The molecule has 1 aliphatic carbocycles. The molecule has 0 amide bonds. The van der Waals surface area contributed by atoms with Gasteiger partial charge in [0.15, 0.2) is 0 Å². The summed E-state index contributed by atoms with van der Waals surface area (Å²) >= 11 is 2.11. The zero-order chi connectivity index (χ0) is 10.4. The predicted octanol–water partition coefficient (Wildman–Crippen LogP) is 3.53. The van der Waals surface area contributed by atoms with Crippen LogP contribution in [0, 0.1) is 15.8 Å². The fourth-order valence-electron chi connectivity index (χ4n) is 2.02. The second-order valence-electron chi connectivity index (χ2n) is 3.95. The van der Waals surface area contributed by atoms with Gasteiger partial charge in [0.2, 0.25) is 0 Å². The maximum Gasteiger partial charge on any atom is 0.0795 e. The molecule has 1 nitrogen and oxygen atoms in total. The Bertz CT molecular complexity index is 251. The van der Waals surface area contributed by atoms with Gasteiger partial charge in [-0.25, -0.2) is 0 Å². The maximum absolute atomic E-state index is 5.86. The van der Waals surface area contributed by atoms with E-state index in [0.717, 1.165) is 6.42 Å². The molecule has 0 radical (unpaired) electrons. The Balaban J connectivity index is 2.66. The third kappa shape index (κ3) is 2.99. The van der Waals surface area contributed by atoms with Crippen molar-refractivity contribution in [3.63, 3.8) is 0 Å². The highest BCUT2D eigenvalue weighted by atomic mass is 127. The molecule has 2 unspecified atom stereocenters. The highest BCUT2D eigenvalue weighted by Crippen LogP contribution is 2.36. The molecule has 0 bridgehead atoms. The monoisotopic (exact) mass is 304 g/mol. The van der Waals surface area contributed by atoms with Crippen LogP contribution in [0.4, 0.5) is 0 Å². The van der Waals surface area contributed by atoms with Gasteiger partial charge in [-0.1, -0.05) is 24.8 Å². The maximum atomic E-state index is 5.86. The van der Waals surface area contributed by atoms with Gasteiger partial charge >= 0.3 is 0 Å². The zero-order valence-electron chi connectivity index (χ0n) is 8.68. The van der Waals surface area contributed by atoms with E-state index < -0.39 is 0 Å². The van der Waals surface area contributed by atoms with Crippen LogP contribution >= 0.6 is 22.6 Å². The molecule has 2 heteroatoms. The van der Waals surface area contributed by atoms with Crippen molar-refractivity contribution in [2.75, 3.05) is 6.61 Å². The first-order chi connectivity index (χ1) is 6.73. The Morgan fingerprint density at radius 2 is 2.43 bits per heavy atom. The van der Waals surface area contributed by atoms with E-state index in [4.69, 9.17) is 4.74 Å². The van der Waals surface area contributed by atoms with Crippen LogP contribution in [-0.2, 0) is 4.74 Å². The summed E-state index contributed by atoms with van der Waals surface area (Å²) in [6, 6.07) is 0. The SMILES string of the molecule is C=CCOC1(C)CCCCC1C#CI. The first-order valence-electron chi connectivity index (χ1n) is 5.09. The van der Waals surface area contributed by atoms with E-state index in [-0.39, 0.29) is 5.60 Å². The molecule has 2 atom stereocenters. The molecule has 0 aromatic rings. The molecule has 1 fully saturated rings. The number of halogens is 1. The Labute approximate surface area is 100 Å². The second kappa shape index (κ2) is 5.77. The summed E-state index contributed by atoms with van der Waals surface area (Å²) in [6.45, 7) is 6.50. The van der Waals surface area contributed by atoms with E-state index in [2.05, 4.69) is 45.9 Å². The molecule has 14 heavy (non-hydrogen) atoms. The minimum atomic E-state index is -0.0510. The van der Waals surface area contributed by atoms with Gasteiger partial charge in [-0.15, -0.1) is 6.58 Å². The Hall–Kier alpha value is -0.0100. The van der Waals surface area contributed by atoms with Crippen LogP contribution < -0.4 is 0 Å². The second-order valence-corrected chi connectivity index (χ2v) is 4.49. The summed E-state index contributed by atoms with van der Waals surface area (Å²) in [4.78, 5) is 0. The summed E-state index contributed by atoms with van der Waals surface area (Å²) in [7, 11) is 0. The van der Waals surface area contributed by atoms with Gasteiger partial charge in [-0.3, -0.25) is 0 Å². The van der Waals surface area contributed by atoms with Crippen LogP contribution in [0.15, 0.2) is 12.7 Å². The lowest BCUT2D eigenvalue weighted by molar-refractivity contribution is -0.0665. The smallest absolute Gasteiger partial charge is 0.0795 e. The van der Waals surface area contributed by atoms with Gasteiger partial charge in [-0.05, 0) is 23.7 Å². The van der Waals surface area contributed by atoms with E-state index in [9.17, 15) is 0 Å². The average Bonchev–Trinajstić information content (AvgIpc) is 2.19. The van der Waals surface area contributed by atoms with Gasteiger partial charge in [-0.2, -0.15) is 0 Å². The quantitative estimate of drug-likeness (QED) is 0.440. The van der Waals surface area contributed by atoms with Crippen molar-refractivity contribution in [2.45, 2.75) is 38.2 Å². The van der Waals surface area contributed by atoms with Crippen molar-refractivity contribution in [2.24, 2.45) is 5.92 Å². The van der Waals surface area contributed by atoms with Gasteiger partial charge in [0.05, 0.1) is 12.2 Å². The molecule has 1 aliphatic rings. The van der Waals surface area contributed by atoms with Crippen molar-refractivity contribution >= 4 is 22.6 Å². The van der Waals surface area contributed by atoms with E-state index in [1.807, 2.05) is 6.08 Å². The first-order valence-corrected chi connectivity index (χ1v) is 6.17. The summed E-state index contributed by atoms with van der Waals surface area (Å²) in [6.07, 6.45) is 6.64. The van der Waals surface area contributed by atoms with Crippen molar-refractivity contribution < 1.29 is 4.74 Å². The van der Waals surface area contributed by atoms with Gasteiger partial charge < -0.3 is 4.74 Å². The van der Waals surface area contributed by atoms with Crippen LogP contribution in [0.25, 0.3) is 0 Å². The minimum absolute atomic E-state index is 0.0510.